The molecule has 0 bridgehead atoms. The lowest BCUT2D eigenvalue weighted by atomic mass is 10.5. The highest BCUT2D eigenvalue weighted by Gasteiger charge is 2.13. The van der Waals surface area contributed by atoms with E-state index in [2.05, 4.69) is 10.3 Å². The normalized spacial score (nSPS) is 11.5. The predicted octanol–water partition coefficient (Wildman–Crippen LogP) is 0.465. The van der Waals surface area contributed by atoms with Crippen LogP contribution >= 0.6 is 0 Å². The third-order valence-corrected chi connectivity index (χ3v) is 3.50. The van der Waals surface area contributed by atoms with Gasteiger partial charge in [0.25, 0.3) is 0 Å². The number of nitrogens with one attached hydrogen (secondary N) is 1. The van der Waals surface area contributed by atoms with Crippen LogP contribution in [-0.2, 0) is 9.84 Å². The maximum Gasteiger partial charge on any atom is 0.195 e. The van der Waals surface area contributed by atoms with Gasteiger partial charge in [-0.1, -0.05) is 6.07 Å². The first kappa shape index (κ1) is 11.1. The fraction of sp³-hybridized carbons (Fsp3) is 0.444. The molecule has 0 aliphatic rings. The Balaban J connectivity index is 2.67. The van der Waals surface area contributed by atoms with Crippen LogP contribution in [0.1, 0.15) is 6.42 Å². The van der Waals surface area contributed by atoms with Crippen molar-refractivity contribution in [1.29, 1.82) is 0 Å². The second-order valence-corrected chi connectivity index (χ2v) is 5.00. The van der Waals surface area contributed by atoms with Gasteiger partial charge in [-0.25, -0.2) is 13.4 Å². The van der Waals surface area contributed by atoms with Gasteiger partial charge in [0.05, 0.1) is 5.75 Å². The molecule has 0 aliphatic heterocycles. The molecule has 1 heterocycles. The van der Waals surface area contributed by atoms with Crippen molar-refractivity contribution in [1.82, 2.24) is 10.3 Å². The first-order valence-corrected chi connectivity index (χ1v) is 6.10. The standard InChI is InChI=1S/C9H14N2O2S/c1-10-6-4-8-14(12,13)9-5-2-3-7-11-9/h2-3,5,7,10H,4,6,8H2,1H3. The number of hydrogen-bond donors (Lipinski definition) is 1. The van der Waals surface area contributed by atoms with Gasteiger partial charge in [-0.15, -0.1) is 0 Å². The zero-order valence-electron chi connectivity index (χ0n) is 8.10. The van der Waals surface area contributed by atoms with Crippen molar-refractivity contribution >= 4 is 9.84 Å². The number of hydrogen-bond acceptors (Lipinski definition) is 4. The third-order valence-electron chi connectivity index (χ3n) is 1.80. The van der Waals surface area contributed by atoms with Crippen LogP contribution in [0.3, 0.4) is 0 Å². The zero-order chi connectivity index (χ0) is 10.4. The molecule has 0 saturated heterocycles. The summed E-state index contributed by atoms with van der Waals surface area (Å²) in [5, 5.41) is 3.07. The first-order chi connectivity index (χ1) is 6.67. The van der Waals surface area contributed by atoms with Crippen molar-refractivity contribution in [2.45, 2.75) is 11.4 Å². The lowest BCUT2D eigenvalue weighted by Gasteiger charge is -2.02. The minimum Gasteiger partial charge on any atom is -0.320 e. The molecule has 0 radical (unpaired) electrons. The van der Waals surface area contributed by atoms with Gasteiger partial charge in [0.1, 0.15) is 0 Å². The number of rotatable bonds is 5. The van der Waals surface area contributed by atoms with E-state index in [9.17, 15) is 8.42 Å². The van der Waals surface area contributed by atoms with E-state index in [0.717, 1.165) is 0 Å². The fourth-order valence-electron chi connectivity index (χ4n) is 1.07. The SMILES string of the molecule is CNCCCS(=O)(=O)c1ccccn1. The average Bonchev–Trinajstić information content (AvgIpc) is 2.19. The van der Waals surface area contributed by atoms with Gasteiger partial charge in [-0.2, -0.15) is 0 Å². The Kier molecular flexibility index (Phi) is 4.03. The van der Waals surface area contributed by atoms with Crippen LogP contribution in [0, 0.1) is 0 Å². The Bertz CT molecular complexity index is 362. The van der Waals surface area contributed by atoms with E-state index in [4.69, 9.17) is 0 Å². The van der Waals surface area contributed by atoms with Gasteiger partial charge >= 0.3 is 0 Å². The lowest BCUT2D eigenvalue weighted by molar-refractivity contribution is 0.588. The monoisotopic (exact) mass is 214 g/mol. The van der Waals surface area contributed by atoms with Crippen LogP contribution in [0.4, 0.5) is 0 Å². The molecule has 1 rings (SSSR count). The van der Waals surface area contributed by atoms with E-state index >= 15 is 0 Å². The summed E-state index contributed by atoms with van der Waals surface area (Å²) in [7, 11) is -1.38. The molecule has 4 nitrogen and oxygen atoms in total. The minimum absolute atomic E-state index is 0.144. The van der Waals surface area contributed by atoms with E-state index in [-0.39, 0.29) is 10.8 Å². The number of sulfone groups is 1. The van der Waals surface area contributed by atoms with Gasteiger partial charge in [0, 0.05) is 6.20 Å². The summed E-state index contributed by atoms with van der Waals surface area (Å²) < 4.78 is 23.2. The van der Waals surface area contributed by atoms with Crippen LogP contribution < -0.4 is 5.32 Å². The van der Waals surface area contributed by atoms with Gasteiger partial charge in [-0.3, -0.25) is 0 Å². The summed E-state index contributed by atoms with van der Waals surface area (Å²) in [6, 6.07) is 4.90. The highest BCUT2D eigenvalue weighted by Crippen LogP contribution is 2.07. The topological polar surface area (TPSA) is 59.1 Å². The summed E-state index contributed by atoms with van der Waals surface area (Å²) >= 11 is 0. The van der Waals surface area contributed by atoms with E-state index in [1.165, 1.54) is 12.3 Å². The highest BCUT2D eigenvalue weighted by molar-refractivity contribution is 7.91. The molecule has 0 aliphatic carbocycles. The molecule has 1 aromatic rings. The van der Waals surface area contributed by atoms with Gasteiger partial charge < -0.3 is 5.32 Å². The summed E-state index contributed by atoms with van der Waals surface area (Å²) in [5.74, 6) is 0.144. The Hall–Kier alpha value is -0.940. The second-order valence-electron chi connectivity index (χ2n) is 2.94. The van der Waals surface area contributed by atoms with E-state index in [0.29, 0.717) is 13.0 Å². The molecule has 0 atom stereocenters. The highest BCUT2D eigenvalue weighted by atomic mass is 32.2. The quantitative estimate of drug-likeness (QED) is 0.724. The Morgan fingerprint density at radius 1 is 1.43 bits per heavy atom. The molecule has 0 aromatic carbocycles. The predicted molar refractivity (Wildman–Crippen MR) is 54.8 cm³/mol. The number of pyridine rings is 1. The van der Waals surface area contributed by atoms with Gasteiger partial charge in [-0.05, 0) is 32.1 Å². The van der Waals surface area contributed by atoms with E-state index in [1.54, 1.807) is 19.2 Å². The molecule has 0 fully saturated rings. The molecule has 0 spiro atoms. The molecule has 1 N–H and O–H groups in total. The Morgan fingerprint density at radius 2 is 2.21 bits per heavy atom. The molecular weight excluding hydrogens is 200 g/mol. The second kappa shape index (κ2) is 5.07. The van der Waals surface area contributed by atoms with Crippen LogP contribution in [-0.4, -0.2) is 32.7 Å². The maximum atomic E-state index is 11.6. The third kappa shape index (κ3) is 3.08. The maximum absolute atomic E-state index is 11.6. The van der Waals surface area contributed by atoms with Crippen molar-refractivity contribution in [3.8, 4) is 0 Å². The lowest BCUT2D eigenvalue weighted by Crippen LogP contribution is -2.15. The number of aromatic nitrogens is 1. The van der Waals surface area contributed by atoms with Crippen LogP contribution in [0.25, 0.3) is 0 Å². The first-order valence-electron chi connectivity index (χ1n) is 4.45. The molecular formula is C9H14N2O2S. The molecule has 78 valence electrons. The van der Waals surface area contributed by atoms with Gasteiger partial charge in [0.2, 0.25) is 0 Å². The molecule has 1 aromatic heterocycles. The van der Waals surface area contributed by atoms with Crippen LogP contribution in [0.2, 0.25) is 0 Å². The van der Waals surface area contributed by atoms with Crippen molar-refractivity contribution in [2.75, 3.05) is 19.3 Å². The van der Waals surface area contributed by atoms with E-state index < -0.39 is 9.84 Å². The molecule has 0 unspecified atom stereocenters. The Morgan fingerprint density at radius 3 is 2.79 bits per heavy atom. The fourth-order valence-corrected chi connectivity index (χ4v) is 2.32. The minimum atomic E-state index is -3.18. The van der Waals surface area contributed by atoms with Crippen LogP contribution in [0.5, 0.6) is 0 Å². The summed E-state index contributed by atoms with van der Waals surface area (Å²) in [5.41, 5.74) is 0. The van der Waals surface area contributed by atoms with Crippen molar-refractivity contribution in [3.63, 3.8) is 0 Å². The van der Waals surface area contributed by atoms with Crippen molar-refractivity contribution in [3.05, 3.63) is 24.4 Å². The molecule has 14 heavy (non-hydrogen) atoms. The largest absolute Gasteiger partial charge is 0.320 e. The number of nitrogens with zero attached hydrogens (tertiary/aromatic N) is 1. The molecule has 0 saturated carbocycles. The van der Waals surface area contributed by atoms with E-state index in [1.807, 2.05) is 0 Å². The molecule has 0 amide bonds. The van der Waals surface area contributed by atoms with Gasteiger partial charge in [0.15, 0.2) is 14.9 Å². The van der Waals surface area contributed by atoms with Crippen molar-refractivity contribution in [2.24, 2.45) is 0 Å². The summed E-state index contributed by atoms with van der Waals surface area (Å²) in [6.45, 7) is 0.700. The smallest absolute Gasteiger partial charge is 0.195 e. The summed E-state index contributed by atoms with van der Waals surface area (Å²) in [6.07, 6.45) is 2.10. The van der Waals surface area contributed by atoms with Crippen LogP contribution in [0.15, 0.2) is 29.4 Å². The summed E-state index contributed by atoms with van der Waals surface area (Å²) in [4.78, 5) is 3.82. The van der Waals surface area contributed by atoms with Crippen molar-refractivity contribution < 1.29 is 8.42 Å². The molecule has 5 heteroatoms. The zero-order valence-corrected chi connectivity index (χ0v) is 8.92. The Labute approximate surface area is 84.3 Å². The average molecular weight is 214 g/mol.